The maximum atomic E-state index is 10.6. The van der Waals surface area contributed by atoms with Gasteiger partial charge in [0, 0.05) is 13.5 Å². The maximum absolute atomic E-state index is 10.6. The quantitative estimate of drug-likeness (QED) is 0.534. The Balaban J connectivity index is 3.94. The summed E-state index contributed by atoms with van der Waals surface area (Å²) in [5.74, 6) is 0.202. The van der Waals surface area contributed by atoms with Crippen molar-refractivity contribution in [2.45, 2.75) is 47.0 Å². The molecule has 0 unspecified atom stereocenters. The van der Waals surface area contributed by atoms with Crippen molar-refractivity contribution in [2.24, 2.45) is 5.92 Å². The highest BCUT2D eigenvalue weighted by atomic mass is 16.5. The Morgan fingerprint density at radius 3 is 2.50 bits per heavy atom. The molecule has 0 heterocycles. The van der Waals surface area contributed by atoms with Gasteiger partial charge in [-0.25, -0.2) is 0 Å². The SMILES string of the molecule is CC(=O)OC/C=C(\C)CC/C=C(\C)[C@@H](C)CCO. The van der Waals surface area contributed by atoms with Crippen molar-refractivity contribution in [2.75, 3.05) is 13.2 Å². The molecule has 104 valence electrons. The van der Waals surface area contributed by atoms with E-state index in [-0.39, 0.29) is 12.6 Å². The summed E-state index contributed by atoms with van der Waals surface area (Å²) >= 11 is 0. The molecule has 0 aromatic rings. The summed E-state index contributed by atoms with van der Waals surface area (Å²) in [7, 11) is 0. The Hall–Kier alpha value is -1.09. The average molecular weight is 254 g/mol. The molecule has 0 bridgehead atoms. The monoisotopic (exact) mass is 254 g/mol. The van der Waals surface area contributed by atoms with Gasteiger partial charge in [0.15, 0.2) is 0 Å². The summed E-state index contributed by atoms with van der Waals surface area (Å²) in [5, 5.41) is 8.86. The van der Waals surface area contributed by atoms with Crippen LogP contribution in [0.5, 0.6) is 0 Å². The Labute approximate surface area is 111 Å². The molecular formula is C15H26O3. The zero-order valence-electron chi connectivity index (χ0n) is 12.0. The third-order valence-electron chi connectivity index (χ3n) is 3.06. The molecule has 18 heavy (non-hydrogen) atoms. The van der Waals surface area contributed by atoms with Gasteiger partial charge in [0.2, 0.25) is 0 Å². The fraction of sp³-hybridized carbons (Fsp3) is 0.667. The molecular weight excluding hydrogens is 228 g/mol. The van der Waals surface area contributed by atoms with E-state index in [0.29, 0.717) is 12.5 Å². The molecule has 3 nitrogen and oxygen atoms in total. The molecule has 0 fully saturated rings. The summed E-state index contributed by atoms with van der Waals surface area (Å²) in [5.41, 5.74) is 2.56. The topological polar surface area (TPSA) is 46.5 Å². The summed E-state index contributed by atoms with van der Waals surface area (Å²) in [6.07, 6.45) is 6.96. The lowest BCUT2D eigenvalue weighted by atomic mass is 9.97. The molecule has 1 atom stereocenters. The maximum Gasteiger partial charge on any atom is 0.302 e. The number of esters is 1. The van der Waals surface area contributed by atoms with E-state index in [1.807, 2.05) is 13.0 Å². The van der Waals surface area contributed by atoms with Crippen LogP contribution in [0.2, 0.25) is 0 Å². The summed E-state index contributed by atoms with van der Waals surface area (Å²) < 4.78 is 4.85. The molecule has 0 aliphatic heterocycles. The van der Waals surface area contributed by atoms with Crippen LogP contribution in [0, 0.1) is 5.92 Å². The van der Waals surface area contributed by atoms with Gasteiger partial charge in [0.05, 0.1) is 0 Å². The Kier molecular flexibility index (Phi) is 9.29. The molecule has 3 heteroatoms. The smallest absolute Gasteiger partial charge is 0.302 e. The first kappa shape index (κ1) is 16.9. The van der Waals surface area contributed by atoms with Gasteiger partial charge in [0.25, 0.3) is 0 Å². The number of carbonyl (C=O) groups is 1. The van der Waals surface area contributed by atoms with Gasteiger partial charge >= 0.3 is 5.97 Å². The van der Waals surface area contributed by atoms with E-state index in [1.165, 1.54) is 18.1 Å². The van der Waals surface area contributed by atoms with E-state index >= 15 is 0 Å². The minimum Gasteiger partial charge on any atom is -0.462 e. The molecule has 0 aromatic heterocycles. The Bertz CT molecular complexity index is 303. The number of hydrogen-bond acceptors (Lipinski definition) is 3. The highest BCUT2D eigenvalue weighted by Crippen LogP contribution is 2.15. The minimum atomic E-state index is -0.243. The van der Waals surface area contributed by atoms with Gasteiger partial charge in [-0.2, -0.15) is 0 Å². The lowest BCUT2D eigenvalue weighted by molar-refractivity contribution is -0.139. The van der Waals surface area contributed by atoms with Gasteiger partial charge in [-0.05, 0) is 45.1 Å². The summed E-state index contributed by atoms with van der Waals surface area (Å²) in [6, 6.07) is 0. The lowest BCUT2D eigenvalue weighted by Crippen LogP contribution is -1.99. The fourth-order valence-electron chi connectivity index (χ4n) is 1.55. The number of rotatable bonds is 8. The highest BCUT2D eigenvalue weighted by molar-refractivity contribution is 5.66. The van der Waals surface area contributed by atoms with Crippen LogP contribution in [0.1, 0.15) is 47.0 Å². The molecule has 0 rings (SSSR count). The number of allylic oxidation sites excluding steroid dienone is 3. The first-order valence-electron chi connectivity index (χ1n) is 6.53. The Morgan fingerprint density at radius 2 is 1.94 bits per heavy atom. The molecule has 0 aromatic carbocycles. The molecule has 0 saturated carbocycles. The van der Waals surface area contributed by atoms with Crippen molar-refractivity contribution < 1.29 is 14.6 Å². The van der Waals surface area contributed by atoms with Crippen molar-refractivity contribution in [1.82, 2.24) is 0 Å². The van der Waals surface area contributed by atoms with E-state index in [2.05, 4.69) is 19.9 Å². The van der Waals surface area contributed by atoms with Gasteiger partial charge in [0.1, 0.15) is 6.61 Å². The average Bonchev–Trinajstić information content (AvgIpc) is 2.28. The molecule has 0 aliphatic rings. The van der Waals surface area contributed by atoms with E-state index in [0.717, 1.165) is 19.3 Å². The van der Waals surface area contributed by atoms with Crippen molar-refractivity contribution in [3.05, 3.63) is 23.3 Å². The van der Waals surface area contributed by atoms with Gasteiger partial charge < -0.3 is 9.84 Å². The molecule has 0 spiro atoms. The largest absolute Gasteiger partial charge is 0.462 e. The lowest BCUT2D eigenvalue weighted by Gasteiger charge is -2.10. The van der Waals surface area contributed by atoms with Crippen LogP contribution >= 0.6 is 0 Å². The first-order valence-corrected chi connectivity index (χ1v) is 6.53. The summed E-state index contributed by atoms with van der Waals surface area (Å²) in [4.78, 5) is 10.6. The third kappa shape index (κ3) is 8.99. The van der Waals surface area contributed by atoms with Gasteiger partial charge in [-0.3, -0.25) is 4.79 Å². The van der Waals surface area contributed by atoms with Crippen LogP contribution < -0.4 is 0 Å². The predicted molar refractivity (Wildman–Crippen MR) is 74.2 cm³/mol. The van der Waals surface area contributed by atoms with Crippen molar-refractivity contribution in [1.29, 1.82) is 0 Å². The van der Waals surface area contributed by atoms with Crippen LogP contribution in [0.3, 0.4) is 0 Å². The zero-order valence-corrected chi connectivity index (χ0v) is 12.0. The van der Waals surface area contributed by atoms with E-state index in [1.54, 1.807) is 0 Å². The number of ether oxygens (including phenoxy) is 1. The van der Waals surface area contributed by atoms with Crippen LogP contribution in [0.15, 0.2) is 23.3 Å². The van der Waals surface area contributed by atoms with E-state index in [9.17, 15) is 4.79 Å². The second kappa shape index (κ2) is 9.89. The standard InChI is InChI=1S/C15H26O3/c1-12(9-11-18-15(4)17)6-5-7-13(2)14(3)8-10-16/h7,9,14,16H,5-6,8,10-11H2,1-4H3/b12-9+,13-7+/t14-/m0/s1. The minimum absolute atomic E-state index is 0.243. The van der Waals surface area contributed by atoms with E-state index in [4.69, 9.17) is 9.84 Å². The van der Waals surface area contributed by atoms with Gasteiger partial charge in [-0.1, -0.05) is 24.1 Å². The Morgan fingerprint density at radius 1 is 1.28 bits per heavy atom. The number of aliphatic hydroxyl groups is 1. The molecule has 0 amide bonds. The van der Waals surface area contributed by atoms with Crippen LogP contribution in [-0.2, 0) is 9.53 Å². The predicted octanol–water partition coefficient (Wildman–Crippen LogP) is 3.24. The van der Waals surface area contributed by atoms with Crippen LogP contribution in [0.4, 0.5) is 0 Å². The number of carbonyl (C=O) groups excluding carboxylic acids is 1. The van der Waals surface area contributed by atoms with Crippen molar-refractivity contribution >= 4 is 5.97 Å². The molecule has 0 saturated heterocycles. The van der Waals surface area contributed by atoms with Crippen molar-refractivity contribution in [3.63, 3.8) is 0 Å². The van der Waals surface area contributed by atoms with Crippen molar-refractivity contribution in [3.8, 4) is 0 Å². The molecule has 1 N–H and O–H groups in total. The number of hydrogen-bond donors (Lipinski definition) is 1. The second-order valence-corrected chi connectivity index (χ2v) is 4.75. The summed E-state index contributed by atoms with van der Waals surface area (Å²) in [6.45, 7) is 8.31. The third-order valence-corrected chi connectivity index (χ3v) is 3.06. The second-order valence-electron chi connectivity index (χ2n) is 4.75. The fourth-order valence-corrected chi connectivity index (χ4v) is 1.55. The van der Waals surface area contributed by atoms with Crippen LogP contribution in [0.25, 0.3) is 0 Å². The molecule has 0 aliphatic carbocycles. The first-order chi connectivity index (χ1) is 8.47. The zero-order chi connectivity index (χ0) is 14.0. The van der Waals surface area contributed by atoms with E-state index < -0.39 is 0 Å². The number of aliphatic hydroxyl groups excluding tert-OH is 1. The molecule has 0 radical (unpaired) electrons. The highest BCUT2D eigenvalue weighted by Gasteiger charge is 2.02. The van der Waals surface area contributed by atoms with Gasteiger partial charge in [-0.15, -0.1) is 0 Å². The van der Waals surface area contributed by atoms with Crippen LogP contribution in [-0.4, -0.2) is 24.3 Å². The normalized spacial score (nSPS) is 14.5.